The summed E-state index contributed by atoms with van der Waals surface area (Å²) >= 11 is 1.33. The number of rotatable bonds is 17. The summed E-state index contributed by atoms with van der Waals surface area (Å²) in [5.41, 5.74) is -0.849. The van der Waals surface area contributed by atoms with Gasteiger partial charge >= 0.3 is 11.9 Å². The van der Waals surface area contributed by atoms with E-state index in [1.54, 1.807) is 56.5 Å². The summed E-state index contributed by atoms with van der Waals surface area (Å²) in [4.78, 5) is 30.6. The maximum Gasteiger partial charge on any atom is 0.339 e. The Morgan fingerprint density at radius 2 is 1.91 bits per heavy atom. The highest BCUT2D eigenvalue weighted by molar-refractivity contribution is 8.00. The highest BCUT2D eigenvalue weighted by Crippen LogP contribution is 2.42. The van der Waals surface area contributed by atoms with Gasteiger partial charge in [0.1, 0.15) is 36.7 Å². The largest absolute Gasteiger partial charge is 0.461 e. The van der Waals surface area contributed by atoms with Crippen molar-refractivity contribution in [1.82, 2.24) is 20.1 Å². The molecule has 288 valence electrons. The van der Waals surface area contributed by atoms with Crippen molar-refractivity contribution in [3.63, 3.8) is 0 Å². The molecular weight excluding hydrogens is 736 g/mol. The van der Waals surface area contributed by atoms with Crippen molar-refractivity contribution in [3.8, 4) is 6.07 Å². The van der Waals surface area contributed by atoms with Crippen LogP contribution in [-0.2, 0) is 42.5 Å². The lowest BCUT2D eigenvalue weighted by atomic mass is 9.89. The molecule has 11 nitrogen and oxygen atoms in total. The lowest BCUT2D eigenvalue weighted by Crippen LogP contribution is -2.47. The molecule has 1 aromatic heterocycles. The summed E-state index contributed by atoms with van der Waals surface area (Å²) in [7, 11) is 1.78. The zero-order valence-electron chi connectivity index (χ0n) is 30.2. The fraction of sp³-hybridized carbons (Fsp3) is 0.325. The van der Waals surface area contributed by atoms with Crippen LogP contribution in [0, 0.1) is 28.8 Å². The number of nitrogens with zero attached hydrogens (tertiary/aromatic N) is 4. The third kappa shape index (κ3) is 11.1. The zero-order valence-corrected chi connectivity index (χ0v) is 31.0. The zero-order chi connectivity index (χ0) is 39.2. The number of thioether (sulfide) groups is 1. The van der Waals surface area contributed by atoms with E-state index in [9.17, 15) is 18.4 Å². The van der Waals surface area contributed by atoms with Crippen LogP contribution >= 0.6 is 11.8 Å². The summed E-state index contributed by atoms with van der Waals surface area (Å²) in [6, 6.07) is 15.6. The van der Waals surface area contributed by atoms with Crippen LogP contribution in [0.25, 0.3) is 6.08 Å². The Bertz CT molecular complexity index is 2020. The molecule has 1 aliphatic rings. The number of hydrogen-bond acceptors (Lipinski definition) is 11. The van der Waals surface area contributed by atoms with E-state index in [0.717, 1.165) is 18.2 Å². The van der Waals surface area contributed by atoms with Crippen molar-refractivity contribution < 1.29 is 41.7 Å². The first-order valence-corrected chi connectivity index (χ1v) is 18.4. The molecule has 3 aromatic carbocycles. The topological polar surface area (TPSA) is 138 Å². The minimum Gasteiger partial charge on any atom is -0.461 e. The van der Waals surface area contributed by atoms with Gasteiger partial charge in [-0.25, -0.2) is 27.6 Å². The lowest BCUT2D eigenvalue weighted by molar-refractivity contribution is -0.146. The molecule has 55 heavy (non-hydrogen) atoms. The van der Waals surface area contributed by atoms with Gasteiger partial charge in [0, 0.05) is 34.4 Å². The van der Waals surface area contributed by atoms with Crippen molar-refractivity contribution in [1.29, 1.82) is 5.26 Å². The molecule has 5 rings (SSSR count). The van der Waals surface area contributed by atoms with Crippen molar-refractivity contribution in [2.75, 3.05) is 26.8 Å². The number of benzene rings is 3. The molecule has 0 unspecified atom stereocenters. The number of nitrogens with one attached hydrogen (secondary N) is 1. The Morgan fingerprint density at radius 1 is 1.11 bits per heavy atom. The molecule has 1 saturated heterocycles. The van der Waals surface area contributed by atoms with Crippen LogP contribution in [0.1, 0.15) is 52.4 Å². The van der Waals surface area contributed by atoms with Gasteiger partial charge in [0.05, 0.1) is 42.2 Å². The number of nitriles is 1. The number of carbonyl (C=O) groups excluding carboxylic acids is 2. The van der Waals surface area contributed by atoms with Crippen LogP contribution in [0.3, 0.4) is 0 Å². The van der Waals surface area contributed by atoms with Gasteiger partial charge in [0.2, 0.25) is 0 Å². The molecular formula is C40H40F3N5O6S. The van der Waals surface area contributed by atoms with E-state index in [2.05, 4.69) is 15.4 Å². The second-order valence-corrected chi connectivity index (χ2v) is 14.2. The van der Waals surface area contributed by atoms with Crippen molar-refractivity contribution >= 4 is 29.8 Å². The van der Waals surface area contributed by atoms with Crippen molar-refractivity contribution in [2.45, 2.75) is 55.3 Å². The number of ether oxygens (including phenoxy) is 4. The molecule has 0 spiro atoms. The molecule has 0 saturated carbocycles. The minimum atomic E-state index is -1.79. The number of halogens is 3. The second kappa shape index (κ2) is 19.9. The Hall–Kier alpha value is -5.27. The van der Waals surface area contributed by atoms with E-state index < -0.39 is 46.5 Å². The first-order valence-electron chi connectivity index (χ1n) is 17.4. The average molecular weight is 776 g/mol. The van der Waals surface area contributed by atoms with Crippen LogP contribution in [0.5, 0.6) is 0 Å². The standard InChI is InChI=1S/C40H40F3N5O6S/c1-27(55-32-22-52-38(53-23-32)12-6-4-8-29-14-13-28(20-44)18-35(29)42)40(24-48-26-46-25-47-48,34-16-15-31(41)19-36(34)43)54-39(50)33-10-5-3-9-30(33)21-51-37(49)11-7-17-45-2/h3-6,8-10,12-16,18-19,25-27,32,38,45H,7,11,17,21-24H2,1-2H3/t27-,32-,38-,40-/m1/s1. The van der Waals surface area contributed by atoms with Crippen molar-refractivity contribution in [3.05, 3.63) is 137 Å². The quantitative estimate of drug-likeness (QED) is 0.0716. The summed E-state index contributed by atoms with van der Waals surface area (Å²) in [5, 5.41) is 15.1. The predicted molar refractivity (Wildman–Crippen MR) is 199 cm³/mol. The van der Waals surface area contributed by atoms with Crippen LogP contribution in [0.2, 0.25) is 0 Å². The molecule has 2 atom stereocenters. The van der Waals surface area contributed by atoms with Crippen LogP contribution in [0.4, 0.5) is 13.2 Å². The predicted octanol–water partition coefficient (Wildman–Crippen LogP) is 6.50. The number of hydrogen-bond donors (Lipinski definition) is 1. The van der Waals surface area contributed by atoms with E-state index in [4.69, 9.17) is 24.2 Å². The highest BCUT2D eigenvalue weighted by Gasteiger charge is 2.47. The van der Waals surface area contributed by atoms with E-state index in [1.807, 2.05) is 6.07 Å². The van der Waals surface area contributed by atoms with Crippen LogP contribution in [0.15, 0.2) is 91.5 Å². The van der Waals surface area contributed by atoms with Crippen molar-refractivity contribution in [2.24, 2.45) is 0 Å². The summed E-state index contributed by atoms with van der Waals surface area (Å²) in [5.74, 6) is -3.51. The normalized spacial score (nSPS) is 17.5. The molecule has 1 fully saturated rings. The third-order valence-corrected chi connectivity index (χ3v) is 10.1. The Kier molecular flexibility index (Phi) is 14.8. The molecule has 4 aromatic rings. The summed E-state index contributed by atoms with van der Waals surface area (Å²) in [6.07, 6.45) is 9.24. The molecule has 0 aliphatic carbocycles. The maximum absolute atomic E-state index is 15.9. The maximum atomic E-state index is 15.9. The van der Waals surface area contributed by atoms with Gasteiger partial charge in [0.15, 0.2) is 11.9 Å². The van der Waals surface area contributed by atoms with E-state index in [1.165, 1.54) is 53.4 Å². The molecule has 0 radical (unpaired) electrons. The molecule has 2 heterocycles. The smallest absolute Gasteiger partial charge is 0.339 e. The fourth-order valence-electron chi connectivity index (χ4n) is 5.83. The summed E-state index contributed by atoms with van der Waals surface area (Å²) in [6.45, 7) is 2.43. The van der Waals surface area contributed by atoms with E-state index in [0.29, 0.717) is 24.1 Å². The SMILES string of the molecule is CNCCCC(=O)OCc1ccccc1C(=O)O[C@@](Cn1cncn1)(c1ccc(F)cc1F)[C@@H](C)S[C@H]1CO[C@H](C=CC=Cc2ccc(C#N)cc2F)OC1. The lowest BCUT2D eigenvalue weighted by Gasteiger charge is -2.40. The first kappa shape index (κ1) is 40.9. The number of allylic oxidation sites excluding steroid dienone is 2. The summed E-state index contributed by atoms with van der Waals surface area (Å²) < 4.78 is 69.5. The van der Waals surface area contributed by atoms with Gasteiger partial charge in [-0.2, -0.15) is 10.4 Å². The first-order chi connectivity index (χ1) is 26.6. The molecule has 0 amide bonds. The monoisotopic (exact) mass is 775 g/mol. The molecule has 15 heteroatoms. The Morgan fingerprint density at radius 3 is 2.62 bits per heavy atom. The third-order valence-electron chi connectivity index (χ3n) is 8.69. The van der Waals surface area contributed by atoms with Crippen LogP contribution < -0.4 is 5.32 Å². The Labute approximate surface area is 321 Å². The molecule has 0 bridgehead atoms. The minimum absolute atomic E-state index is 0.0878. The van der Waals surface area contributed by atoms with Gasteiger partial charge in [-0.05, 0) is 63.3 Å². The number of carbonyl (C=O) groups is 2. The Balaban J connectivity index is 1.35. The molecule has 1 aliphatic heterocycles. The van der Waals surface area contributed by atoms with Crippen LogP contribution in [-0.4, -0.2) is 70.3 Å². The number of esters is 2. The highest BCUT2D eigenvalue weighted by atomic mass is 32.2. The van der Waals surface area contributed by atoms with Gasteiger partial charge < -0.3 is 24.3 Å². The fourth-order valence-corrected chi connectivity index (χ4v) is 7.19. The second-order valence-electron chi connectivity index (χ2n) is 12.5. The van der Waals surface area contributed by atoms with E-state index >= 15 is 4.39 Å². The van der Waals surface area contributed by atoms with Gasteiger partial charge in [-0.3, -0.25) is 4.79 Å². The average Bonchev–Trinajstić information content (AvgIpc) is 3.69. The van der Waals surface area contributed by atoms with E-state index in [-0.39, 0.29) is 54.7 Å². The van der Waals surface area contributed by atoms with Gasteiger partial charge in [-0.1, -0.05) is 42.5 Å². The molecule has 1 N–H and O–H groups in total. The number of aromatic nitrogens is 3. The van der Waals surface area contributed by atoms with Gasteiger partial charge in [-0.15, -0.1) is 11.8 Å². The van der Waals surface area contributed by atoms with Gasteiger partial charge in [0.25, 0.3) is 0 Å².